The summed E-state index contributed by atoms with van der Waals surface area (Å²) in [5.74, 6) is 0.530. The molecule has 0 amide bonds. The van der Waals surface area contributed by atoms with Crippen LogP contribution in [-0.4, -0.2) is 22.0 Å². The van der Waals surface area contributed by atoms with Gasteiger partial charge in [0.25, 0.3) is 0 Å². The molecule has 3 atom stereocenters. The highest BCUT2D eigenvalue weighted by Gasteiger charge is 2.21. The van der Waals surface area contributed by atoms with E-state index < -0.39 is 10.8 Å². The summed E-state index contributed by atoms with van der Waals surface area (Å²) >= 11 is 6.10. The molecule has 102 valence electrons. The molecule has 0 aliphatic carbocycles. The van der Waals surface area contributed by atoms with Crippen LogP contribution in [0.15, 0.2) is 24.3 Å². The zero-order valence-corrected chi connectivity index (χ0v) is 12.9. The molecule has 3 unspecified atom stereocenters. The van der Waals surface area contributed by atoms with E-state index in [9.17, 15) is 4.21 Å². The van der Waals surface area contributed by atoms with Gasteiger partial charge in [0.1, 0.15) is 0 Å². The van der Waals surface area contributed by atoms with E-state index in [0.29, 0.717) is 16.8 Å². The van der Waals surface area contributed by atoms with Crippen LogP contribution in [0.4, 0.5) is 0 Å². The third-order valence-electron chi connectivity index (χ3n) is 3.14. The van der Waals surface area contributed by atoms with Gasteiger partial charge >= 0.3 is 0 Å². The summed E-state index contributed by atoms with van der Waals surface area (Å²) in [6.45, 7) is 7.15. The van der Waals surface area contributed by atoms with E-state index in [1.165, 1.54) is 0 Å². The van der Waals surface area contributed by atoms with Crippen molar-refractivity contribution in [2.45, 2.75) is 44.2 Å². The van der Waals surface area contributed by atoms with Crippen molar-refractivity contribution in [3.8, 4) is 0 Å². The largest absolute Gasteiger partial charge is 0.313 e. The molecular weight excluding hydrogens is 266 g/mol. The molecule has 1 N–H and O–H groups in total. The predicted molar refractivity (Wildman–Crippen MR) is 80.5 cm³/mol. The van der Waals surface area contributed by atoms with Crippen LogP contribution < -0.4 is 5.32 Å². The van der Waals surface area contributed by atoms with Crippen LogP contribution in [0.25, 0.3) is 0 Å². The molecule has 1 aromatic rings. The Labute approximate surface area is 118 Å². The molecule has 0 bridgehead atoms. The first-order chi connectivity index (χ1) is 8.60. The molecule has 0 saturated carbocycles. The third-order valence-corrected chi connectivity index (χ3v) is 5.27. The molecule has 0 aliphatic heterocycles. The van der Waals surface area contributed by atoms with E-state index in [1.54, 1.807) is 0 Å². The van der Waals surface area contributed by atoms with Crippen LogP contribution >= 0.6 is 11.6 Å². The highest BCUT2D eigenvalue weighted by molar-refractivity contribution is 7.84. The maximum absolute atomic E-state index is 12.4. The van der Waals surface area contributed by atoms with Gasteiger partial charge in [-0.2, -0.15) is 0 Å². The minimum absolute atomic E-state index is 0.131. The van der Waals surface area contributed by atoms with Crippen molar-refractivity contribution < 1.29 is 4.21 Å². The molecule has 0 aliphatic rings. The molecule has 0 fully saturated rings. The molecule has 18 heavy (non-hydrogen) atoms. The van der Waals surface area contributed by atoms with Gasteiger partial charge in [-0.1, -0.05) is 43.6 Å². The Hall–Kier alpha value is -0.380. The Morgan fingerprint density at radius 3 is 2.56 bits per heavy atom. The normalized spacial score (nSPS) is 16.2. The van der Waals surface area contributed by atoms with Gasteiger partial charge in [-0.15, -0.1) is 0 Å². The first kappa shape index (κ1) is 15.7. The summed E-state index contributed by atoms with van der Waals surface area (Å²) in [6.07, 6.45) is 0.989. The van der Waals surface area contributed by atoms with Gasteiger partial charge < -0.3 is 5.32 Å². The quantitative estimate of drug-likeness (QED) is 0.833. The van der Waals surface area contributed by atoms with Crippen molar-refractivity contribution in [1.29, 1.82) is 0 Å². The molecule has 0 radical (unpaired) electrons. The van der Waals surface area contributed by atoms with Gasteiger partial charge in [0.15, 0.2) is 0 Å². The van der Waals surface area contributed by atoms with Crippen LogP contribution in [0.5, 0.6) is 0 Å². The lowest BCUT2D eigenvalue weighted by molar-refractivity contribution is 0.500. The SMILES string of the molecule is CCNC(CC)C(C)S(=O)Cc1ccccc1Cl. The smallest absolute Gasteiger partial charge is 0.0503 e. The highest BCUT2D eigenvalue weighted by Crippen LogP contribution is 2.19. The van der Waals surface area contributed by atoms with Crippen molar-refractivity contribution in [3.05, 3.63) is 34.9 Å². The average molecular weight is 288 g/mol. The van der Waals surface area contributed by atoms with Crippen molar-refractivity contribution >= 4 is 22.4 Å². The minimum atomic E-state index is -0.904. The second-order valence-electron chi connectivity index (χ2n) is 4.39. The van der Waals surface area contributed by atoms with Gasteiger partial charge in [0.05, 0.1) is 5.75 Å². The summed E-state index contributed by atoms with van der Waals surface area (Å²) in [4.78, 5) is 0. The maximum Gasteiger partial charge on any atom is 0.0503 e. The molecule has 0 saturated heterocycles. The highest BCUT2D eigenvalue weighted by atomic mass is 35.5. The van der Waals surface area contributed by atoms with E-state index in [1.807, 2.05) is 31.2 Å². The first-order valence-electron chi connectivity index (χ1n) is 6.44. The zero-order valence-electron chi connectivity index (χ0n) is 11.3. The van der Waals surface area contributed by atoms with Crippen LogP contribution in [0, 0.1) is 0 Å². The van der Waals surface area contributed by atoms with E-state index in [4.69, 9.17) is 11.6 Å². The average Bonchev–Trinajstić information content (AvgIpc) is 2.37. The fraction of sp³-hybridized carbons (Fsp3) is 0.571. The minimum Gasteiger partial charge on any atom is -0.313 e. The van der Waals surface area contributed by atoms with Gasteiger partial charge in [-0.05, 0) is 31.5 Å². The van der Waals surface area contributed by atoms with Gasteiger partial charge in [0.2, 0.25) is 0 Å². The number of halogens is 1. The monoisotopic (exact) mass is 287 g/mol. The van der Waals surface area contributed by atoms with Crippen LogP contribution in [0.2, 0.25) is 5.02 Å². The first-order valence-corrected chi connectivity index (χ1v) is 8.20. The van der Waals surface area contributed by atoms with Crippen LogP contribution in [0.1, 0.15) is 32.8 Å². The molecule has 1 aromatic carbocycles. The van der Waals surface area contributed by atoms with Crippen LogP contribution in [-0.2, 0) is 16.6 Å². The molecule has 0 spiro atoms. The fourth-order valence-electron chi connectivity index (χ4n) is 1.99. The summed E-state index contributed by atoms with van der Waals surface area (Å²) in [6, 6.07) is 7.93. The Bertz CT molecular complexity index is 397. The lowest BCUT2D eigenvalue weighted by atomic mass is 10.2. The molecular formula is C14H22ClNOS. The molecule has 1 rings (SSSR count). The predicted octanol–water partition coefficient (Wildman–Crippen LogP) is 3.37. The Balaban J connectivity index is 2.67. The molecule has 0 heterocycles. The summed E-state index contributed by atoms with van der Waals surface area (Å²) < 4.78 is 12.4. The van der Waals surface area contributed by atoms with E-state index >= 15 is 0 Å². The van der Waals surface area contributed by atoms with Crippen LogP contribution in [0.3, 0.4) is 0 Å². The summed E-state index contributed by atoms with van der Waals surface area (Å²) in [5.41, 5.74) is 0.968. The van der Waals surface area contributed by atoms with Gasteiger partial charge in [-0.25, -0.2) is 0 Å². The van der Waals surface area contributed by atoms with E-state index in [2.05, 4.69) is 19.2 Å². The van der Waals surface area contributed by atoms with Gasteiger partial charge in [-0.3, -0.25) is 4.21 Å². The molecule has 2 nitrogen and oxygen atoms in total. The number of rotatable bonds is 7. The number of hydrogen-bond acceptors (Lipinski definition) is 2. The second kappa shape index (κ2) is 7.93. The van der Waals surface area contributed by atoms with Crippen molar-refractivity contribution in [3.63, 3.8) is 0 Å². The lowest BCUT2D eigenvalue weighted by Crippen LogP contribution is -2.40. The maximum atomic E-state index is 12.4. The Morgan fingerprint density at radius 2 is 2.00 bits per heavy atom. The standard InChI is InChI=1S/C14H22ClNOS/c1-4-14(16-5-2)11(3)18(17)10-12-8-6-7-9-13(12)15/h6-9,11,14,16H,4-5,10H2,1-3H3. The summed E-state index contributed by atoms with van der Waals surface area (Å²) in [7, 11) is -0.904. The molecule has 4 heteroatoms. The Morgan fingerprint density at radius 1 is 1.33 bits per heavy atom. The lowest BCUT2D eigenvalue weighted by Gasteiger charge is -2.23. The Kier molecular flexibility index (Phi) is 6.90. The van der Waals surface area contributed by atoms with E-state index in [0.717, 1.165) is 18.5 Å². The zero-order chi connectivity index (χ0) is 13.5. The number of nitrogens with one attached hydrogen (secondary N) is 1. The van der Waals surface area contributed by atoms with E-state index in [-0.39, 0.29) is 5.25 Å². The van der Waals surface area contributed by atoms with Crippen molar-refractivity contribution in [2.75, 3.05) is 6.54 Å². The second-order valence-corrected chi connectivity index (χ2v) is 6.59. The fourth-order valence-corrected chi connectivity index (χ4v) is 3.75. The van der Waals surface area contributed by atoms with Crippen molar-refractivity contribution in [2.24, 2.45) is 0 Å². The van der Waals surface area contributed by atoms with Gasteiger partial charge in [0, 0.05) is 27.1 Å². The third kappa shape index (κ3) is 4.38. The number of hydrogen-bond donors (Lipinski definition) is 1. The number of benzene rings is 1. The summed E-state index contributed by atoms with van der Waals surface area (Å²) in [5, 5.41) is 4.22. The van der Waals surface area contributed by atoms with Crippen molar-refractivity contribution in [1.82, 2.24) is 5.32 Å². The molecule has 0 aromatic heterocycles. The topological polar surface area (TPSA) is 29.1 Å².